The smallest absolute Gasteiger partial charge is 0.345 e. The van der Waals surface area contributed by atoms with Gasteiger partial charge in [-0.25, -0.2) is 4.79 Å². The number of alkyl halides is 3. The van der Waals surface area contributed by atoms with Gasteiger partial charge >= 0.3 is 12.2 Å². The molecule has 1 saturated heterocycles. The van der Waals surface area contributed by atoms with E-state index in [1.807, 2.05) is 0 Å². The predicted molar refractivity (Wildman–Crippen MR) is 77.7 cm³/mol. The molecule has 9 heteroatoms. The Kier molecular flexibility index (Phi) is 4.81. The lowest BCUT2D eigenvalue weighted by molar-refractivity contribution is -0.141. The molecule has 0 saturated carbocycles. The largest absolute Gasteiger partial charge is 0.405 e. The lowest BCUT2D eigenvalue weighted by Gasteiger charge is -2.25. The number of halogens is 3. The van der Waals surface area contributed by atoms with Crippen LogP contribution >= 0.6 is 0 Å². The molecular weight excluding hydrogens is 327 g/mol. The maximum Gasteiger partial charge on any atom is 0.405 e. The van der Waals surface area contributed by atoms with Crippen LogP contribution in [0.1, 0.15) is 18.9 Å². The van der Waals surface area contributed by atoms with Gasteiger partial charge in [0.25, 0.3) is 5.91 Å². The van der Waals surface area contributed by atoms with Gasteiger partial charge in [0, 0.05) is 0 Å². The minimum atomic E-state index is -4.57. The Balaban J connectivity index is 2.15. The number of nitrogens with one attached hydrogen (secondary N) is 2. The summed E-state index contributed by atoms with van der Waals surface area (Å²) >= 11 is 0. The number of amides is 4. The van der Waals surface area contributed by atoms with Crippen LogP contribution in [0.2, 0.25) is 0 Å². The van der Waals surface area contributed by atoms with Gasteiger partial charge in [-0.3, -0.25) is 14.5 Å². The molecule has 4 amide bonds. The Hall–Kier alpha value is -2.58. The number of carbonyl (C=O) groups excluding carboxylic acids is 3. The molecular formula is C15H16F3N3O3. The summed E-state index contributed by atoms with van der Waals surface area (Å²) < 4.78 is 36.3. The van der Waals surface area contributed by atoms with Crippen molar-refractivity contribution in [2.24, 2.45) is 0 Å². The Morgan fingerprint density at radius 3 is 2.42 bits per heavy atom. The van der Waals surface area contributed by atoms with Gasteiger partial charge in [-0.05, 0) is 12.0 Å². The highest BCUT2D eigenvalue weighted by Crippen LogP contribution is 2.32. The lowest BCUT2D eigenvalue weighted by Crippen LogP contribution is -2.45. The zero-order valence-corrected chi connectivity index (χ0v) is 12.8. The first-order chi connectivity index (χ1) is 11.2. The van der Waals surface area contributed by atoms with E-state index < -0.39 is 42.7 Å². The molecule has 0 aliphatic carbocycles. The van der Waals surface area contributed by atoms with Crippen LogP contribution in [0.15, 0.2) is 30.3 Å². The van der Waals surface area contributed by atoms with Crippen LogP contribution in [-0.2, 0) is 15.1 Å². The van der Waals surface area contributed by atoms with Crippen LogP contribution in [-0.4, -0.2) is 42.0 Å². The van der Waals surface area contributed by atoms with Crippen molar-refractivity contribution in [2.45, 2.75) is 25.1 Å². The van der Waals surface area contributed by atoms with E-state index in [9.17, 15) is 27.6 Å². The van der Waals surface area contributed by atoms with Gasteiger partial charge in [0.15, 0.2) is 0 Å². The second-order valence-electron chi connectivity index (χ2n) is 5.34. The number of imide groups is 1. The molecule has 24 heavy (non-hydrogen) atoms. The molecule has 0 bridgehead atoms. The Morgan fingerprint density at radius 1 is 1.25 bits per heavy atom. The highest BCUT2D eigenvalue weighted by molar-refractivity contribution is 6.09. The number of hydrogen-bond acceptors (Lipinski definition) is 3. The highest BCUT2D eigenvalue weighted by atomic mass is 19.4. The zero-order valence-electron chi connectivity index (χ0n) is 12.8. The summed E-state index contributed by atoms with van der Waals surface area (Å²) in [6, 6.07) is 7.66. The molecule has 1 fully saturated rings. The zero-order chi connectivity index (χ0) is 18.0. The SMILES string of the molecule is CC[C@]1(c2ccccc2)NC(=O)N(CC(=O)NCC(F)(F)F)C1=O. The molecule has 130 valence electrons. The molecule has 0 unspecified atom stereocenters. The number of rotatable bonds is 5. The maximum atomic E-state index is 12.6. The fraction of sp³-hybridized carbons (Fsp3) is 0.400. The summed E-state index contributed by atoms with van der Waals surface area (Å²) in [6.07, 6.45) is -4.33. The molecule has 1 aromatic carbocycles. The molecule has 1 aromatic rings. The molecule has 1 heterocycles. The average Bonchev–Trinajstić information content (AvgIpc) is 2.78. The van der Waals surface area contributed by atoms with E-state index >= 15 is 0 Å². The van der Waals surface area contributed by atoms with E-state index in [0.717, 1.165) is 0 Å². The first-order valence-electron chi connectivity index (χ1n) is 7.22. The van der Waals surface area contributed by atoms with Crippen molar-refractivity contribution in [3.05, 3.63) is 35.9 Å². The average molecular weight is 343 g/mol. The van der Waals surface area contributed by atoms with E-state index in [1.54, 1.807) is 42.6 Å². The van der Waals surface area contributed by atoms with Crippen LogP contribution in [0.3, 0.4) is 0 Å². The summed E-state index contributed by atoms with van der Waals surface area (Å²) in [5.74, 6) is -1.72. The van der Waals surface area contributed by atoms with Gasteiger partial charge in [-0.2, -0.15) is 13.2 Å². The van der Waals surface area contributed by atoms with Gasteiger partial charge in [0.1, 0.15) is 18.6 Å². The van der Waals surface area contributed by atoms with Crippen molar-refractivity contribution in [1.29, 1.82) is 0 Å². The number of hydrogen-bond donors (Lipinski definition) is 2. The molecule has 2 N–H and O–H groups in total. The van der Waals surface area contributed by atoms with Crippen LogP contribution < -0.4 is 10.6 Å². The second-order valence-corrected chi connectivity index (χ2v) is 5.34. The van der Waals surface area contributed by atoms with Gasteiger partial charge in [0.05, 0.1) is 0 Å². The van der Waals surface area contributed by atoms with E-state index in [2.05, 4.69) is 5.32 Å². The van der Waals surface area contributed by atoms with Crippen molar-refractivity contribution in [3.63, 3.8) is 0 Å². The summed E-state index contributed by atoms with van der Waals surface area (Å²) in [4.78, 5) is 36.9. The Morgan fingerprint density at radius 2 is 1.88 bits per heavy atom. The van der Waals surface area contributed by atoms with Crippen LogP contribution in [0, 0.1) is 0 Å². The standard InChI is InChI=1S/C15H16F3N3O3/c1-2-14(10-6-4-3-5-7-10)12(23)21(13(24)20-14)8-11(22)19-9-15(16,17)18/h3-7H,2,8-9H2,1H3,(H,19,22)(H,20,24)/t14-/m1/s1. The predicted octanol–water partition coefficient (Wildman–Crippen LogP) is 1.52. The topological polar surface area (TPSA) is 78.5 Å². The molecule has 0 radical (unpaired) electrons. The van der Waals surface area contributed by atoms with E-state index in [4.69, 9.17) is 0 Å². The number of nitrogens with zero attached hydrogens (tertiary/aromatic N) is 1. The number of urea groups is 1. The third-order valence-corrected chi connectivity index (χ3v) is 3.76. The van der Waals surface area contributed by atoms with Crippen LogP contribution in [0.4, 0.5) is 18.0 Å². The molecule has 1 atom stereocenters. The third-order valence-electron chi connectivity index (χ3n) is 3.76. The number of benzene rings is 1. The third kappa shape index (κ3) is 3.50. The first kappa shape index (κ1) is 17.8. The van der Waals surface area contributed by atoms with Crippen LogP contribution in [0.5, 0.6) is 0 Å². The van der Waals surface area contributed by atoms with Crippen molar-refractivity contribution in [2.75, 3.05) is 13.1 Å². The Labute approximate surface area is 136 Å². The Bertz CT molecular complexity index is 648. The second kappa shape index (κ2) is 6.50. The molecule has 0 spiro atoms. The van der Waals surface area contributed by atoms with Crippen molar-refractivity contribution < 1.29 is 27.6 Å². The fourth-order valence-electron chi connectivity index (χ4n) is 2.53. The molecule has 1 aliphatic rings. The van der Waals surface area contributed by atoms with Gasteiger partial charge in [-0.1, -0.05) is 37.3 Å². The minimum absolute atomic E-state index is 0.238. The number of carbonyl (C=O) groups is 3. The van der Waals surface area contributed by atoms with E-state index in [1.165, 1.54) is 0 Å². The van der Waals surface area contributed by atoms with Gasteiger partial charge in [-0.15, -0.1) is 0 Å². The summed E-state index contributed by atoms with van der Waals surface area (Å²) in [6.45, 7) is -0.596. The van der Waals surface area contributed by atoms with Crippen LogP contribution in [0.25, 0.3) is 0 Å². The summed E-state index contributed by atoms with van der Waals surface area (Å²) in [7, 11) is 0. The van der Waals surface area contributed by atoms with E-state index in [-0.39, 0.29) is 6.42 Å². The molecule has 6 nitrogen and oxygen atoms in total. The molecule has 0 aromatic heterocycles. The van der Waals surface area contributed by atoms with Crippen molar-refractivity contribution in [1.82, 2.24) is 15.5 Å². The van der Waals surface area contributed by atoms with E-state index in [0.29, 0.717) is 10.5 Å². The minimum Gasteiger partial charge on any atom is -0.345 e. The lowest BCUT2D eigenvalue weighted by atomic mass is 9.87. The van der Waals surface area contributed by atoms with Crippen molar-refractivity contribution >= 4 is 17.8 Å². The van der Waals surface area contributed by atoms with Gasteiger partial charge in [0.2, 0.25) is 5.91 Å². The maximum absolute atomic E-state index is 12.6. The summed E-state index contributed by atoms with van der Waals surface area (Å²) in [5, 5.41) is 4.18. The first-order valence-corrected chi connectivity index (χ1v) is 7.22. The van der Waals surface area contributed by atoms with Crippen molar-refractivity contribution in [3.8, 4) is 0 Å². The monoisotopic (exact) mass is 343 g/mol. The highest BCUT2D eigenvalue weighted by Gasteiger charge is 2.51. The normalized spacial score (nSPS) is 20.9. The molecule has 1 aliphatic heterocycles. The van der Waals surface area contributed by atoms with Gasteiger partial charge < -0.3 is 10.6 Å². The molecule has 2 rings (SSSR count). The quantitative estimate of drug-likeness (QED) is 0.796. The summed E-state index contributed by atoms with van der Waals surface area (Å²) in [5.41, 5.74) is -0.771. The fourth-order valence-corrected chi connectivity index (χ4v) is 2.53.